The van der Waals surface area contributed by atoms with Crippen LogP contribution >= 0.6 is 0 Å². The Morgan fingerprint density at radius 2 is 2.00 bits per heavy atom. The highest BCUT2D eigenvalue weighted by Crippen LogP contribution is 2.27. The van der Waals surface area contributed by atoms with Crippen molar-refractivity contribution in [2.75, 3.05) is 36.2 Å². The molecule has 1 saturated heterocycles. The number of benzene rings is 1. The maximum Gasteiger partial charge on any atom is 0.320 e. The van der Waals surface area contributed by atoms with Crippen LogP contribution in [0.3, 0.4) is 0 Å². The van der Waals surface area contributed by atoms with Gasteiger partial charge in [-0.15, -0.1) is 0 Å². The number of rotatable bonds is 10. The molecule has 8 nitrogen and oxygen atoms in total. The standard InChI is InChI=1S/C20H30N6O2/c1-2-3-11-28-20-23-18(21)17(25-27)19(24-20)22-13-15-7-6-8-16(12-15)14-26-9-4-5-10-26/h6-8,12,25,27H,2-5,9-11,13-14H2,1H3,(H3,21,22,23,24). The number of aromatic nitrogens is 2. The Bertz CT molecular complexity index is 764. The fourth-order valence-corrected chi connectivity index (χ4v) is 3.29. The minimum Gasteiger partial charge on any atom is -0.463 e. The SMILES string of the molecule is CCCCOc1nc(N)c(NO)c(NCc2cccc(CN3CCCC3)c2)n1. The smallest absolute Gasteiger partial charge is 0.320 e. The highest BCUT2D eigenvalue weighted by atomic mass is 16.5. The van der Waals surface area contributed by atoms with Gasteiger partial charge in [-0.2, -0.15) is 9.97 Å². The quantitative estimate of drug-likeness (QED) is 0.364. The van der Waals surface area contributed by atoms with Crippen LogP contribution in [0.25, 0.3) is 0 Å². The molecular weight excluding hydrogens is 356 g/mol. The molecule has 0 amide bonds. The van der Waals surface area contributed by atoms with Crippen LogP contribution in [0.5, 0.6) is 6.01 Å². The Morgan fingerprint density at radius 1 is 1.21 bits per heavy atom. The number of nitrogens with one attached hydrogen (secondary N) is 2. The van der Waals surface area contributed by atoms with Crippen LogP contribution in [0, 0.1) is 0 Å². The van der Waals surface area contributed by atoms with Gasteiger partial charge < -0.3 is 15.8 Å². The minimum absolute atomic E-state index is 0.134. The van der Waals surface area contributed by atoms with Crippen LogP contribution in [0.2, 0.25) is 0 Å². The summed E-state index contributed by atoms with van der Waals surface area (Å²) in [5, 5.41) is 12.6. The van der Waals surface area contributed by atoms with Gasteiger partial charge in [0.05, 0.1) is 6.61 Å². The molecule has 0 saturated carbocycles. The first-order chi connectivity index (χ1) is 13.7. The van der Waals surface area contributed by atoms with Crippen molar-refractivity contribution >= 4 is 17.3 Å². The average Bonchev–Trinajstić information content (AvgIpc) is 3.20. The molecule has 1 aromatic carbocycles. The third kappa shape index (κ3) is 5.46. The van der Waals surface area contributed by atoms with Gasteiger partial charge in [-0.3, -0.25) is 15.6 Å². The normalized spacial score (nSPS) is 14.2. The third-order valence-corrected chi connectivity index (χ3v) is 4.81. The number of ether oxygens (including phenoxy) is 1. The number of nitrogen functional groups attached to an aromatic ring is 1. The molecule has 8 heteroatoms. The van der Waals surface area contributed by atoms with E-state index in [1.807, 2.05) is 0 Å². The molecule has 1 aliphatic heterocycles. The second-order valence-corrected chi connectivity index (χ2v) is 7.09. The second kappa shape index (κ2) is 10.1. The van der Waals surface area contributed by atoms with Gasteiger partial charge in [-0.25, -0.2) is 0 Å². The Hall–Kier alpha value is -2.58. The molecule has 2 aromatic rings. The first kappa shape index (κ1) is 20.2. The summed E-state index contributed by atoms with van der Waals surface area (Å²) in [6, 6.07) is 8.69. The first-order valence-electron chi connectivity index (χ1n) is 9.94. The van der Waals surface area contributed by atoms with Crippen molar-refractivity contribution in [3.05, 3.63) is 35.4 Å². The predicted molar refractivity (Wildman–Crippen MR) is 111 cm³/mol. The topological polar surface area (TPSA) is 109 Å². The van der Waals surface area contributed by atoms with Crippen LogP contribution < -0.4 is 21.3 Å². The summed E-state index contributed by atoms with van der Waals surface area (Å²) in [6.45, 7) is 6.49. The van der Waals surface area contributed by atoms with Crippen LogP contribution in [0.1, 0.15) is 43.7 Å². The van der Waals surface area contributed by atoms with E-state index in [2.05, 4.69) is 56.9 Å². The molecule has 0 aliphatic carbocycles. The van der Waals surface area contributed by atoms with E-state index in [4.69, 9.17) is 10.5 Å². The van der Waals surface area contributed by atoms with Gasteiger partial charge in [0.15, 0.2) is 11.6 Å². The number of likely N-dealkylation sites (tertiary alicyclic amines) is 1. The van der Waals surface area contributed by atoms with Crippen LogP contribution in [0.15, 0.2) is 24.3 Å². The first-order valence-corrected chi connectivity index (χ1v) is 9.94. The molecule has 152 valence electrons. The highest BCUT2D eigenvalue weighted by molar-refractivity contribution is 5.74. The van der Waals surface area contributed by atoms with Gasteiger partial charge in [0.2, 0.25) is 0 Å². The number of anilines is 3. The van der Waals surface area contributed by atoms with Gasteiger partial charge in [0.25, 0.3) is 0 Å². The Morgan fingerprint density at radius 3 is 2.75 bits per heavy atom. The Kier molecular flexibility index (Phi) is 7.27. The van der Waals surface area contributed by atoms with Crippen LogP contribution in [0.4, 0.5) is 17.3 Å². The van der Waals surface area contributed by atoms with Gasteiger partial charge in [0, 0.05) is 13.1 Å². The lowest BCUT2D eigenvalue weighted by molar-refractivity contribution is 0.286. The molecule has 2 heterocycles. The molecular formula is C20H30N6O2. The summed E-state index contributed by atoms with van der Waals surface area (Å²) < 4.78 is 5.56. The highest BCUT2D eigenvalue weighted by Gasteiger charge is 2.14. The number of nitrogens with zero attached hydrogens (tertiary/aromatic N) is 3. The van der Waals surface area contributed by atoms with Gasteiger partial charge >= 0.3 is 6.01 Å². The number of hydrogen-bond donors (Lipinski definition) is 4. The van der Waals surface area contributed by atoms with Gasteiger partial charge in [-0.1, -0.05) is 37.6 Å². The average molecular weight is 387 g/mol. The van der Waals surface area contributed by atoms with Crippen LogP contribution in [-0.4, -0.2) is 39.8 Å². The van der Waals surface area contributed by atoms with Crippen molar-refractivity contribution in [3.8, 4) is 6.01 Å². The van der Waals surface area contributed by atoms with Crippen molar-refractivity contribution in [3.63, 3.8) is 0 Å². The van der Waals surface area contributed by atoms with Crippen molar-refractivity contribution in [2.45, 2.75) is 45.7 Å². The summed E-state index contributed by atoms with van der Waals surface area (Å²) >= 11 is 0. The number of unbranched alkanes of at least 4 members (excludes halogenated alkanes) is 1. The van der Waals surface area contributed by atoms with E-state index in [1.54, 1.807) is 0 Å². The molecule has 28 heavy (non-hydrogen) atoms. The monoisotopic (exact) mass is 386 g/mol. The summed E-state index contributed by atoms with van der Waals surface area (Å²) in [5.74, 6) is 0.542. The summed E-state index contributed by atoms with van der Waals surface area (Å²) in [4.78, 5) is 10.9. The van der Waals surface area contributed by atoms with E-state index < -0.39 is 0 Å². The predicted octanol–water partition coefficient (Wildman–Crippen LogP) is 3.25. The van der Waals surface area contributed by atoms with E-state index in [0.29, 0.717) is 19.0 Å². The van der Waals surface area contributed by atoms with Crippen molar-refractivity contribution < 1.29 is 9.94 Å². The largest absolute Gasteiger partial charge is 0.463 e. The Labute approximate surface area is 166 Å². The number of hydrogen-bond acceptors (Lipinski definition) is 8. The maximum absolute atomic E-state index is 9.41. The van der Waals surface area contributed by atoms with Gasteiger partial charge in [-0.05, 0) is 43.5 Å². The number of nitrogens with two attached hydrogens (primary N) is 1. The molecule has 1 aliphatic rings. The summed E-state index contributed by atoms with van der Waals surface area (Å²) in [6.07, 6.45) is 4.51. The molecule has 0 bridgehead atoms. The molecule has 1 aromatic heterocycles. The Balaban J connectivity index is 1.67. The van der Waals surface area contributed by atoms with Gasteiger partial charge in [0.1, 0.15) is 5.69 Å². The van der Waals surface area contributed by atoms with E-state index in [0.717, 1.165) is 24.9 Å². The molecule has 0 radical (unpaired) electrons. The zero-order valence-corrected chi connectivity index (χ0v) is 16.4. The lowest BCUT2D eigenvalue weighted by Gasteiger charge is -2.16. The zero-order valence-electron chi connectivity index (χ0n) is 16.4. The molecule has 1 fully saturated rings. The third-order valence-electron chi connectivity index (χ3n) is 4.81. The van der Waals surface area contributed by atoms with E-state index in [1.165, 1.54) is 31.5 Å². The van der Waals surface area contributed by atoms with E-state index >= 15 is 0 Å². The molecule has 5 N–H and O–H groups in total. The molecule has 3 rings (SSSR count). The fraction of sp³-hybridized carbons (Fsp3) is 0.500. The second-order valence-electron chi connectivity index (χ2n) is 7.09. The van der Waals surface area contributed by atoms with Crippen molar-refractivity contribution in [1.29, 1.82) is 0 Å². The summed E-state index contributed by atoms with van der Waals surface area (Å²) in [5.41, 5.74) is 10.7. The summed E-state index contributed by atoms with van der Waals surface area (Å²) in [7, 11) is 0. The molecule has 0 unspecified atom stereocenters. The van der Waals surface area contributed by atoms with E-state index in [9.17, 15) is 5.21 Å². The van der Waals surface area contributed by atoms with Crippen LogP contribution in [-0.2, 0) is 13.1 Å². The lowest BCUT2D eigenvalue weighted by atomic mass is 10.1. The lowest BCUT2D eigenvalue weighted by Crippen LogP contribution is -2.18. The maximum atomic E-state index is 9.41. The minimum atomic E-state index is 0.134. The van der Waals surface area contributed by atoms with Crippen molar-refractivity contribution in [1.82, 2.24) is 14.9 Å². The molecule has 0 spiro atoms. The zero-order chi connectivity index (χ0) is 19.8. The fourth-order valence-electron chi connectivity index (χ4n) is 3.29. The van der Waals surface area contributed by atoms with Crippen molar-refractivity contribution in [2.24, 2.45) is 0 Å². The van der Waals surface area contributed by atoms with E-state index in [-0.39, 0.29) is 17.5 Å². The molecule has 0 atom stereocenters.